The smallest absolute Gasteiger partial charge is 0.127 e. The summed E-state index contributed by atoms with van der Waals surface area (Å²) >= 11 is 0. The van der Waals surface area contributed by atoms with Crippen LogP contribution in [0.25, 0.3) is 0 Å². The predicted molar refractivity (Wildman–Crippen MR) is 84.6 cm³/mol. The summed E-state index contributed by atoms with van der Waals surface area (Å²) in [5.41, 5.74) is 2.14. The molecule has 0 aromatic carbocycles. The van der Waals surface area contributed by atoms with Crippen LogP contribution in [0.5, 0.6) is 0 Å². The molecule has 0 atom stereocenters. The number of hydrogen-bond donors (Lipinski definition) is 1. The largest absolute Gasteiger partial charge is 0.364 e. The molecule has 0 unspecified atom stereocenters. The molecule has 7 heteroatoms. The van der Waals surface area contributed by atoms with Gasteiger partial charge in [-0.2, -0.15) is 10.2 Å². The Morgan fingerprint density at radius 1 is 1.29 bits per heavy atom. The summed E-state index contributed by atoms with van der Waals surface area (Å²) in [5, 5.41) is 11.8. The molecule has 0 aliphatic rings. The Labute approximate surface area is 130 Å². The quantitative estimate of drug-likeness (QED) is 0.854. The van der Waals surface area contributed by atoms with Crippen LogP contribution in [-0.2, 0) is 19.6 Å². The molecular formula is C14H23ClFN5. The highest BCUT2D eigenvalue weighted by molar-refractivity contribution is 5.85. The van der Waals surface area contributed by atoms with Gasteiger partial charge in [-0.3, -0.25) is 4.68 Å². The van der Waals surface area contributed by atoms with Crippen LogP contribution < -0.4 is 5.32 Å². The molecule has 21 heavy (non-hydrogen) atoms. The van der Waals surface area contributed by atoms with Crippen molar-refractivity contribution in [1.29, 1.82) is 0 Å². The molecule has 2 aromatic heterocycles. The van der Waals surface area contributed by atoms with Crippen LogP contribution in [0, 0.1) is 12.8 Å². The summed E-state index contributed by atoms with van der Waals surface area (Å²) in [5.74, 6) is 1.42. The lowest BCUT2D eigenvalue weighted by Gasteiger charge is -2.13. The minimum absolute atomic E-state index is 0. The Balaban J connectivity index is 0.00000220. The predicted octanol–water partition coefficient (Wildman–Crippen LogP) is 3.05. The highest BCUT2D eigenvalue weighted by Crippen LogP contribution is 2.15. The molecule has 0 amide bonds. The van der Waals surface area contributed by atoms with Gasteiger partial charge in [0.2, 0.25) is 0 Å². The Kier molecular flexibility index (Phi) is 6.68. The molecule has 0 bridgehead atoms. The first kappa shape index (κ1) is 17.5. The van der Waals surface area contributed by atoms with Crippen LogP contribution in [0.1, 0.15) is 25.1 Å². The summed E-state index contributed by atoms with van der Waals surface area (Å²) in [7, 11) is 0. The summed E-state index contributed by atoms with van der Waals surface area (Å²) in [6.45, 7) is 7.72. The second kappa shape index (κ2) is 8.02. The van der Waals surface area contributed by atoms with Crippen LogP contribution in [0.4, 0.5) is 10.2 Å². The molecule has 0 saturated heterocycles. The second-order valence-electron chi connectivity index (χ2n) is 5.34. The lowest BCUT2D eigenvalue weighted by atomic mass is 10.2. The number of aryl methyl sites for hydroxylation is 2. The molecule has 0 saturated carbocycles. The molecule has 0 fully saturated rings. The first-order valence-electron chi connectivity index (χ1n) is 6.94. The molecular weight excluding hydrogens is 293 g/mol. The van der Waals surface area contributed by atoms with Crippen LogP contribution in [0.3, 0.4) is 0 Å². The zero-order valence-electron chi connectivity index (χ0n) is 12.7. The Morgan fingerprint density at radius 3 is 2.71 bits per heavy atom. The van der Waals surface area contributed by atoms with Gasteiger partial charge in [0.15, 0.2) is 0 Å². The Morgan fingerprint density at radius 2 is 2.05 bits per heavy atom. The van der Waals surface area contributed by atoms with Crippen LogP contribution >= 0.6 is 12.4 Å². The van der Waals surface area contributed by atoms with Gasteiger partial charge in [0.05, 0.1) is 25.0 Å². The van der Waals surface area contributed by atoms with Gasteiger partial charge in [0.1, 0.15) is 12.5 Å². The van der Waals surface area contributed by atoms with Gasteiger partial charge in [-0.25, -0.2) is 9.07 Å². The number of rotatable bonds is 7. The Hall–Kier alpha value is -1.56. The Bertz CT molecular complexity index is 549. The molecule has 2 heterocycles. The van der Waals surface area contributed by atoms with Crippen LogP contribution in [-0.4, -0.2) is 26.2 Å². The zero-order valence-corrected chi connectivity index (χ0v) is 13.5. The van der Waals surface area contributed by atoms with E-state index in [-0.39, 0.29) is 19.0 Å². The maximum absolute atomic E-state index is 12.5. The second-order valence-corrected chi connectivity index (χ2v) is 5.34. The van der Waals surface area contributed by atoms with E-state index in [2.05, 4.69) is 29.4 Å². The van der Waals surface area contributed by atoms with Gasteiger partial charge in [-0.15, -0.1) is 12.4 Å². The molecule has 118 valence electrons. The van der Waals surface area contributed by atoms with E-state index >= 15 is 0 Å². The zero-order chi connectivity index (χ0) is 14.5. The van der Waals surface area contributed by atoms with Gasteiger partial charge in [-0.05, 0) is 18.9 Å². The summed E-state index contributed by atoms with van der Waals surface area (Å²) in [4.78, 5) is 0. The van der Waals surface area contributed by atoms with Gasteiger partial charge in [0.25, 0.3) is 0 Å². The molecule has 2 aromatic rings. The van der Waals surface area contributed by atoms with Crippen LogP contribution in [0.2, 0.25) is 0 Å². The van der Waals surface area contributed by atoms with E-state index in [4.69, 9.17) is 0 Å². The fourth-order valence-corrected chi connectivity index (χ4v) is 2.15. The van der Waals surface area contributed by atoms with E-state index in [1.54, 1.807) is 10.9 Å². The monoisotopic (exact) mass is 315 g/mol. The highest BCUT2D eigenvalue weighted by Gasteiger charge is 2.09. The van der Waals surface area contributed by atoms with E-state index in [0.717, 1.165) is 23.6 Å². The van der Waals surface area contributed by atoms with E-state index < -0.39 is 6.67 Å². The van der Waals surface area contributed by atoms with Crippen molar-refractivity contribution in [2.24, 2.45) is 5.92 Å². The molecule has 0 spiro atoms. The van der Waals surface area contributed by atoms with E-state index in [9.17, 15) is 4.39 Å². The standard InChI is InChI=1S/C14H22FN5.ClH/c1-11(2)10-20-13(4-6-17-20)9-16-14-12(3)8-18-19(14)7-5-15;/h4,6,8,11,16H,5,7,9-10H2,1-3H3;1H. The van der Waals surface area contributed by atoms with Gasteiger partial charge in [-0.1, -0.05) is 13.8 Å². The minimum atomic E-state index is -0.416. The van der Waals surface area contributed by atoms with Crippen molar-refractivity contribution in [2.45, 2.75) is 40.4 Å². The molecule has 5 nitrogen and oxygen atoms in total. The fraction of sp³-hybridized carbons (Fsp3) is 0.571. The van der Waals surface area contributed by atoms with Crippen molar-refractivity contribution >= 4 is 18.2 Å². The number of hydrogen-bond acceptors (Lipinski definition) is 3. The van der Waals surface area contributed by atoms with Crippen molar-refractivity contribution in [3.8, 4) is 0 Å². The third-order valence-corrected chi connectivity index (χ3v) is 3.10. The first-order chi connectivity index (χ1) is 9.61. The molecule has 0 aliphatic heterocycles. The summed E-state index contributed by atoms with van der Waals surface area (Å²) < 4.78 is 16.2. The molecule has 0 radical (unpaired) electrons. The first-order valence-corrected chi connectivity index (χ1v) is 6.94. The van der Waals surface area contributed by atoms with E-state index in [1.807, 2.05) is 23.9 Å². The van der Waals surface area contributed by atoms with Crippen molar-refractivity contribution in [3.63, 3.8) is 0 Å². The normalized spacial score (nSPS) is 10.7. The van der Waals surface area contributed by atoms with Crippen molar-refractivity contribution in [1.82, 2.24) is 19.6 Å². The maximum atomic E-state index is 12.5. The van der Waals surface area contributed by atoms with Gasteiger partial charge >= 0.3 is 0 Å². The molecule has 2 rings (SSSR count). The van der Waals surface area contributed by atoms with Crippen molar-refractivity contribution in [3.05, 3.63) is 29.7 Å². The summed E-state index contributed by atoms with van der Waals surface area (Å²) in [6, 6.07) is 2.00. The highest BCUT2D eigenvalue weighted by atomic mass is 35.5. The molecule has 0 aliphatic carbocycles. The van der Waals surface area contributed by atoms with Crippen molar-refractivity contribution in [2.75, 3.05) is 12.0 Å². The SMILES string of the molecule is Cc1cnn(CCF)c1NCc1ccnn1CC(C)C.Cl. The topological polar surface area (TPSA) is 47.7 Å². The fourth-order valence-electron chi connectivity index (χ4n) is 2.15. The lowest BCUT2D eigenvalue weighted by Crippen LogP contribution is -2.15. The molecule has 1 N–H and O–H groups in total. The summed E-state index contributed by atoms with van der Waals surface area (Å²) in [6.07, 6.45) is 3.56. The number of anilines is 1. The lowest BCUT2D eigenvalue weighted by molar-refractivity contribution is 0.429. The number of halogens is 2. The van der Waals surface area contributed by atoms with Crippen LogP contribution in [0.15, 0.2) is 18.5 Å². The van der Waals surface area contributed by atoms with E-state index in [1.165, 1.54) is 0 Å². The minimum Gasteiger partial charge on any atom is -0.364 e. The maximum Gasteiger partial charge on any atom is 0.127 e. The average Bonchev–Trinajstić information content (AvgIpc) is 2.95. The third kappa shape index (κ3) is 4.46. The number of alkyl halides is 1. The van der Waals surface area contributed by atoms with Crippen molar-refractivity contribution < 1.29 is 4.39 Å². The van der Waals surface area contributed by atoms with Gasteiger partial charge < -0.3 is 5.32 Å². The van der Waals surface area contributed by atoms with Gasteiger partial charge in [0, 0.05) is 18.3 Å². The van der Waals surface area contributed by atoms with E-state index in [0.29, 0.717) is 12.5 Å². The average molecular weight is 316 g/mol. The third-order valence-electron chi connectivity index (χ3n) is 3.10. The number of nitrogens with zero attached hydrogens (tertiary/aromatic N) is 4. The number of aromatic nitrogens is 4. The number of nitrogens with one attached hydrogen (secondary N) is 1.